The van der Waals surface area contributed by atoms with Gasteiger partial charge in [-0.15, -0.1) is 11.3 Å². The molecule has 3 nitrogen and oxygen atoms in total. The van der Waals surface area contributed by atoms with Crippen LogP contribution in [0.1, 0.15) is 16.5 Å². The minimum atomic E-state index is 0.447. The Hall–Kier alpha value is -0.420. The van der Waals surface area contributed by atoms with E-state index >= 15 is 0 Å². The van der Waals surface area contributed by atoms with Crippen molar-refractivity contribution >= 4 is 11.3 Å². The predicted octanol–water partition coefficient (Wildman–Crippen LogP) is 1.56. The Labute approximate surface area is 108 Å². The van der Waals surface area contributed by atoms with Gasteiger partial charge < -0.3 is 10.2 Å². The van der Waals surface area contributed by atoms with Crippen LogP contribution in [0.2, 0.25) is 0 Å². The Balaban J connectivity index is 2.20. The molecule has 2 atom stereocenters. The number of hydrogen-bond acceptors (Lipinski definition) is 4. The number of thiophene rings is 1. The first-order chi connectivity index (χ1) is 8.13. The molecule has 1 aromatic rings. The van der Waals surface area contributed by atoms with Crippen LogP contribution in [0.3, 0.4) is 0 Å². The summed E-state index contributed by atoms with van der Waals surface area (Å²) >= 11 is 1.87. The fourth-order valence-corrected chi connectivity index (χ4v) is 3.70. The highest BCUT2D eigenvalue weighted by Crippen LogP contribution is 2.29. The molecule has 0 aromatic carbocycles. The van der Waals surface area contributed by atoms with Crippen molar-refractivity contribution in [3.05, 3.63) is 21.9 Å². The summed E-state index contributed by atoms with van der Waals surface area (Å²) in [4.78, 5) is 6.40. The van der Waals surface area contributed by atoms with E-state index in [0.29, 0.717) is 12.1 Å². The average Bonchev–Trinajstić information content (AvgIpc) is 2.71. The first-order valence-electron chi connectivity index (χ1n) is 6.23. The molecule has 17 heavy (non-hydrogen) atoms. The van der Waals surface area contributed by atoms with Crippen molar-refractivity contribution in [3.63, 3.8) is 0 Å². The van der Waals surface area contributed by atoms with Crippen LogP contribution in [-0.2, 0) is 0 Å². The van der Waals surface area contributed by atoms with Gasteiger partial charge in [0, 0.05) is 30.6 Å². The fraction of sp³-hybridized carbons (Fsp3) is 0.692. The smallest absolute Gasteiger partial charge is 0.0585 e. The summed E-state index contributed by atoms with van der Waals surface area (Å²) in [7, 11) is 6.53. The highest BCUT2D eigenvalue weighted by atomic mass is 32.1. The van der Waals surface area contributed by atoms with Gasteiger partial charge in [-0.05, 0) is 45.1 Å². The van der Waals surface area contributed by atoms with Crippen LogP contribution in [0, 0.1) is 6.92 Å². The second-order valence-corrected chi connectivity index (χ2v) is 5.99. The van der Waals surface area contributed by atoms with Crippen LogP contribution in [0.4, 0.5) is 0 Å². The number of nitrogens with zero attached hydrogens (tertiary/aromatic N) is 2. The number of hydrogen-bond donors (Lipinski definition) is 1. The van der Waals surface area contributed by atoms with E-state index in [4.69, 9.17) is 0 Å². The zero-order valence-corrected chi connectivity index (χ0v) is 12.0. The molecule has 0 radical (unpaired) electrons. The summed E-state index contributed by atoms with van der Waals surface area (Å²) in [5.41, 5.74) is 1.41. The highest BCUT2D eigenvalue weighted by Gasteiger charge is 2.31. The van der Waals surface area contributed by atoms with Crippen LogP contribution in [0.5, 0.6) is 0 Å². The highest BCUT2D eigenvalue weighted by molar-refractivity contribution is 7.10. The molecule has 2 unspecified atom stereocenters. The van der Waals surface area contributed by atoms with Crippen molar-refractivity contribution in [1.29, 1.82) is 0 Å². The Bertz CT molecular complexity index is 363. The van der Waals surface area contributed by atoms with Crippen molar-refractivity contribution in [3.8, 4) is 0 Å². The summed E-state index contributed by atoms with van der Waals surface area (Å²) < 4.78 is 0. The Morgan fingerprint density at radius 3 is 2.76 bits per heavy atom. The lowest BCUT2D eigenvalue weighted by atomic mass is 10.0. The van der Waals surface area contributed by atoms with Crippen molar-refractivity contribution in [1.82, 2.24) is 15.1 Å². The zero-order chi connectivity index (χ0) is 12.4. The molecule has 0 saturated carbocycles. The Morgan fingerprint density at radius 1 is 1.41 bits per heavy atom. The first kappa shape index (κ1) is 13.0. The normalized spacial score (nSPS) is 25.1. The minimum absolute atomic E-state index is 0.447. The van der Waals surface area contributed by atoms with E-state index in [2.05, 4.69) is 54.6 Å². The number of aryl methyl sites for hydroxylation is 1. The van der Waals surface area contributed by atoms with Gasteiger partial charge >= 0.3 is 0 Å². The van der Waals surface area contributed by atoms with Gasteiger partial charge in [0.15, 0.2) is 0 Å². The maximum atomic E-state index is 3.51. The lowest BCUT2D eigenvalue weighted by Gasteiger charge is -2.41. The van der Waals surface area contributed by atoms with Gasteiger partial charge in [-0.3, -0.25) is 4.90 Å². The van der Waals surface area contributed by atoms with E-state index in [-0.39, 0.29) is 0 Å². The number of piperazine rings is 1. The molecule has 1 fully saturated rings. The van der Waals surface area contributed by atoms with Crippen LogP contribution >= 0.6 is 11.3 Å². The fourth-order valence-electron chi connectivity index (χ4n) is 2.61. The number of nitrogens with one attached hydrogen (secondary N) is 1. The standard InChI is InChI=1S/C13H23N3S/c1-10-5-8-17-13(10)12(14-2)11-9-15(3)6-7-16(11)4/h5,8,11-12,14H,6-7,9H2,1-4H3. The molecule has 0 spiro atoms. The maximum absolute atomic E-state index is 3.51. The summed E-state index contributed by atoms with van der Waals surface area (Å²) in [6.07, 6.45) is 0. The first-order valence-corrected chi connectivity index (χ1v) is 7.11. The molecule has 1 aromatic heterocycles. The number of rotatable bonds is 3. The lowest BCUT2D eigenvalue weighted by molar-refractivity contribution is 0.0904. The van der Waals surface area contributed by atoms with Gasteiger partial charge in [0.05, 0.1) is 6.04 Å². The Morgan fingerprint density at radius 2 is 2.18 bits per heavy atom. The van der Waals surface area contributed by atoms with E-state index < -0.39 is 0 Å². The Kier molecular flexibility index (Phi) is 4.20. The number of likely N-dealkylation sites (N-methyl/N-ethyl adjacent to an activating group) is 3. The summed E-state index contributed by atoms with van der Waals surface area (Å²) in [6, 6.07) is 3.23. The lowest BCUT2D eigenvalue weighted by Crippen LogP contribution is -2.54. The molecule has 1 aliphatic rings. The molecular formula is C13H23N3S. The van der Waals surface area contributed by atoms with Gasteiger partial charge in [0.2, 0.25) is 0 Å². The van der Waals surface area contributed by atoms with E-state index in [9.17, 15) is 0 Å². The molecule has 96 valence electrons. The van der Waals surface area contributed by atoms with E-state index in [1.54, 1.807) is 0 Å². The van der Waals surface area contributed by atoms with Crippen LogP contribution in [-0.4, -0.2) is 56.6 Å². The molecular weight excluding hydrogens is 230 g/mol. The van der Waals surface area contributed by atoms with Gasteiger partial charge in [-0.1, -0.05) is 0 Å². The summed E-state index contributed by atoms with van der Waals surface area (Å²) in [6.45, 7) is 5.68. The minimum Gasteiger partial charge on any atom is -0.311 e. The molecule has 0 aliphatic carbocycles. The predicted molar refractivity (Wildman–Crippen MR) is 74.8 cm³/mol. The molecule has 2 heterocycles. The van der Waals surface area contributed by atoms with Crippen molar-refractivity contribution in [2.45, 2.75) is 19.0 Å². The molecule has 1 aliphatic heterocycles. The maximum Gasteiger partial charge on any atom is 0.0585 e. The van der Waals surface area contributed by atoms with E-state index in [1.165, 1.54) is 17.0 Å². The summed E-state index contributed by atoms with van der Waals surface area (Å²) in [5, 5.41) is 5.70. The van der Waals surface area contributed by atoms with Crippen molar-refractivity contribution in [2.75, 3.05) is 40.8 Å². The third-order valence-electron chi connectivity index (χ3n) is 3.78. The topological polar surface area (TPSA) is 18.5 Å². The monoisotopic (exact) mass is 253 g/mol. The largest absolute Gasteiger partial charge is 0.311 e. The summed E-state index contributed by atoms with van der Waals surface area (Å²) in [5.74, 6) is 0. The molecule has 1 N–H and O–H groups in total. The van der Waals surface area contributed by atoms with Crippen LogP contribution in [0.15, 0.2) is 11.4 Å². The SMILES string of the molecule is CNC(c1sccc1C)C1CN(C)CCN1C. The third kappa shape index (κ3) is 2.71. The molecule has 0 bridgehead atoms. The van der Waals surface area contributed by atoms with Crippen LogP contribution < -0.4 is 5.32 Å². The second kappa shape index (κ2) is 5.48. The second-order valence-electron chi connectivity index (χ2n) is 5.04. The molecule has 4 heteroatoms. The van der Waals surface area contributed by atoms with E-state index in [1.807, 2.05) is 11.3 Å². The van der Waals surface area contributed by atoms with Gasteiger partial charge in [-0.2, -0.15) is 0 Å². The van der Waals surface area contributed by atoms with Gasteiger partial charge in [0.1, 0.15) is 0 Å². The quantitative estimate of drug-likeness (QED) is 0.882. The third-order valence-corrected chi connectivity index (χ3v) is 4.88. The van der Waals surface area contributed by atoms with Crippen molar-refractivity contribution < 1.29 is 0 Å². The molecule has 0 amide bonds. The van der Waals surface area contributed by atoms with Crippen molar-refractivity contribution in [2.24, 2.45) is 0 Å². The van der Waals surface area contributed by atoms with Gasteiger partial charge in [0.25, 0.3) is 0 Å². The van der Waals surface area contributed by atoms with E-state index in [0.717, 1.165) is 13.1 Å². The zero-order valence-electron chi connectivity index (χ0n) is 11.2. The van der Waals surface area contributed by atoms with Crippen LogP contribution in [0.25, 0.3) is 0 Å². The molecule has 1 saturated heterocycles. The van der Waals surface area contributed by atoms with Gasteiger partial charge in [-0.25, -0.2) is 0 Å². The average molecular weight is 253 g/mol. The molecule has 2 rings (SSSR count).